The van der Waals surface area contributed by atoms with E-state index in [1.165, 1.54) is 0 Å². The summed E-state index contributed by atoms with van der Waals surface area (Å²) in [6, 6.07) is -0.341. The van der Waals surface area contributed by atoms with E-state index in [9.17, 15) is 13.2 Å². The highest BCUT2D eigenvalue weighted by Crippen LogP contribution is 2.16. The summed E-state index contributed by atoms with van der Waals surface area (Å²) in [6.45, 7) is 3.34. The van der Waals surface area contributed by atoms with Gasteiger partial charge < -0.3 is 5.32 Å². The van der Waals surface area contributed by atoms with Gasteiger partial charge in [-0.25, -0.2) is 0 Å². The summed E-state index contributed by atoms with van der Waals surface area (Å²) in [5.41, 5.74) is 0.765. The number of alkyl halides is 3. The molecule has 0 amide bonds. The van der Waals surface area contributed by atoms with Crippen molar-refractivity contribution in [3.63, 3.8) is 0 Å². The van der Waals surface area contributed by atoms with E-state index < -0.39 is 12.7 Å². The van der Waals surface area contributed by atoms with Gasteiger partial charge in [0.1, 0.15) is 0 Å². The van der Waals surface area contributed by atoms with Crippen LogP contribution < -0.4 is 5.32 Å². The summed E-state index contributed by atoms with van der Waals surface area (Å²) < 4.78 is 37.4. The molecule has 6 heteroatoms. The highest BCUT2D eigenvalue weighted by molar-refractivity contribution is 5.09. The minimum absolute atomic E-state index is 0.341. The molecule has 0 saturated carbocycles. The highest BCUT2D eigenvalue weighted by atomic mass is 19.4. The molecule has 0 aliphatic rings. The highest BCUT2D eigenvalue weighted by Gasteiger charge is 2.27. The molecule has 0 aliphatic carbocycles. The van der Waals surface area contributed by atoms with Crippen molar-refractivity contribution in [3.8, 4) is 0 Å². The maximum absolute atomic E-state index is 11.9. The van der Waals surface area contributed by atoms with Crippen LogP contribution in [-0.2, 0) is 6.54 Å². The van der Waals surface area contributed by atoms with Crippen molar-refractivity contribution in [2.45, 2.75) is 32.6 Å². The smallest absolute Gasteiger partial charge is 0.302 e. The van der Waals surface area contributed by atoms with Crippen LogP contribution in [0.4, 0.5) is 13.2 Å². The third-order valence-electron chi connectivity index (χ3n) is 2.09. The molecule has 86 valence electrons. The predicted molar refractivity (Wildman–Crippen MR) is 50.4 cm³/mol. The fourth-order valence-electron chi connectivity index (χ4n) is 1.16. The molecule has 1 unspecified atom stereocenters. The summed E-state index contributed by atoms with van der Waals surface area (Å²) in [6.07, 6.45) is -0.847. The first-order valence-electron chi connectivity index (χ1n) is 4.75. The van der Waals surface area contributed by atoms with E-state index in [4.69, 9.17) is 0 Å². The molecule has 15 heavy (non-hydrogen) atoms. The van der Waals surface area contributed by atoms with Crippen molar-refractivity contribution in [2.24, 2.45) is 0 Å². The van der Waals surface area contributed by atoms with Crippen LogP contribution in [0, 0.1) is 0 Å². The Kier molecular flexibility index (Phi) is 3.73. The Bertz CT molecular complexity index is 306. The van der Waals surface area contributed by atoms with E-state index in [0.29, 0.717) is 6.54 Å². The average molecular weight is 221 g/mol. The molecule has 0 saturated heterocycles. The number of hydrogen-bond donors (Lipinski definition) is 1. The van der Waals surface area contributed by atoms with Crippen molar-refractivity contribution in [1.82, 2.24) is 15.1 Å². The van der Waals surface area contributed by atoms with Gasteiger partial charge in [0.15, 0.2) is 0 Å². The van der Waals surface area contributed by atoms with E-state index in [-0.39, 0.29) is 6.04 Å². The molecule has 0 spiro atoms. The van der Waals surface area contributed by atoms with Gasteiger partial charge in [-0.15, -0.1) is 0 Å². The number of nitrogens with zero attached hydrogens (tertiary/aromatic N) is 2. The van der Waals surface area contributed by atoms with Crippen LogP contribution in [0.25, 0.3) is 0 Å². The van der Waals surface area contributed by atoms with E-state index in [1.807, 2.05) is 6.92 Å². The molecular formula is C9H14F3N3. The molecular weight excluding hydrogens is 207 g/mol. The lowest BCUT2D eigenvalue weighted by Gasteiger charge is -2.13. The molecule has 0 aromatic carbocycles. The Labute approximate surface area is 86.3 Å². The third-order valence-corrected chi connectivity index (χ3v) is 2.09. The average Bonchev–Trinajstić information content (AvgIpc) is 2.61. The van der Waals surface area contributed by atoms with Gasteiger partial charge in [0, 0.05) is 24.3 Å². The van der Waals surface area contributed by atoms with E-state index >= 15 is 0 Å². The van der Waals surface area contributed by atoms with E-state index in [1.54, 1.807) is 24.0 Å². The molecule has 1 rings (SSSR count). The number of halogens is 3. The Morgan fingerprint density at radius 3 is 2.67 bits per heavy atom. The Morgan fingerprint density at radius 1 is 1.53 bits per heavy atom. The number of nitrogens with one attached hydrogen (secondary N) is 1. The van der Waals surface area contributed by atoms with Crippen LogP contribution in [0.1, 0.15) is 25.5 Å². The Morgan fingerprint density at radius 2 is 2.20 bits per heavy atom. The molecule has 0 bridgehead atoms. The fraction of sp³-hybridized carbons (Fsp3) is 0.667. The predicted octanol–water partition coefficient (Wildman–Crippen LogP) is 2.12. The molecule has 1 atom stereocenters. The van der Waals surface area contributed by atoms with Gasteiger partial charge in [0.05, 0.1) is 12.7 Å². The second kappa shape index (κ2) is 4.65. The van der Waals surface area contributed by atoms with E-state index in [2.05, 4.69) is 10.4 Å². The lowest BCUT2D eigenvalue weighted by atomic mass is 10.2. The summed E-state index contributed by atoms with van der Waals surface area (Å²) in [4.78, 5) is 0. The lowest BCUT2D eigenvalue weighted by Crippen LogP contribution is -2.30. The second-order valence-electron chi connectivity index (χ2n) is 3.35. The van der Waals surface area contributed by atoms with Gasteiger partial charge in [-0.1, -0.05) is 0 Å². The van der Waals surface area contributed by atoms with Crippen LogP contribution in [-0.4, -0.2) is 22.5 Å². The van der Waals surface area contributed by atoms with Crippen molar-refractivity contribution >= 4 is 0 Å². The van der Waals surface area contributed by atoms with Crippen molar-refractivity contribution in [3.05, 3.63) is 18.0 Å². The molecule has 0 aliphatic heterocycles. The molecule has 1 aromatic rings. The summed E-state index contributed by atoms with van der Waals surface area (Å²) in [5, 5.41) is 6.39. The maximum Gasteiger partial charge on any atom is 0.401 e. The van der Waals surface area contributed by atoms with E-state index in [0.717, 1.165) is 5.56 Å². The minimum atomic E-state index is -4.17. The van der Waals surface area contributed by atoms with Crippen LogP contribution in [0.15, 0.2) is 12.4 Å². The fourth-order valence-corrected chi connectivity index (χ4v) is 1.16. The van der Waals surface area contributed by atoms with Gasteiger partial charge in [-0.05, 0) is 13.8 Å². The van der Waals surface area contributed by atoms with Crippen molar-refractivity contribution < 1.29 is 13.2 Å². The lowest BCUT2D eigenvalue weighted by molar-refractivity contribution is -0.126. The first kappa shape index (κ1) is 12.0. The zero-order valence-electron chi connectivity index (χ0n) is 8.67. The largest absolute Gasteiger partial charge is 0.401 e. The normalized spacial score (nSPS) is 14.2. The number of aryl methyl sites for hydroxylation is 1. The topological polar surface area (TPSA) is 29.9 Å². The monoisotopic (exact) mass is 221 g/mol. The van der Waals surface area contributed by atoms with Gasteiger partial charge in [-0.2, -0.15) is 18.3 Å². The van der Waals surface area contributed by atoms with Crippen molar-refractivity contribution in [2.75, 3.05) is 6.54 Å². The van der Waals surface area contributed by atoms with Crippen LogP contribution in [0.3, 0.4) is 0 Å². The number of rotatable bonds is 4. The molecule has 3 nitrogen and oxygen atoms in total. The van der Waals surface area contributed by atoms with Gasteiger partial charge in [-0.3, -0.25) is 4.68 Å². The number of aromatic nitrogens is 2. The quantitative estimate of drug-likeness (QED) is 0.844. The summed E-state index contributed by atoms with van der Waals surface area (Å²) in [5.74, 6) is 0. The summed E-state index contributed by atoms with van der Waals surface area (Å²) in [7, 11) is 0. The molecule has 0 radical (unpaired) electrons. The number of hydrogen-bond acceptors (Lipinski definition) is 2. The van der Waals surface area contributed by atoms with Crippen LogP contribution in [0.2, 0.25) is 0 Å². The summed E-state index contributed by atoms with van der Waals surface area (Å²) >= 11 is 0. The first-order valence-corrected chi connectivity index (χ1v) is 4.75. The first-order chi connectivity index (χ1) is 6.92. The second-order valence-corrected chi connectivity index (χ2v) is 3.35. The van der Waals surface area contributed by atoms with Gasteiger partial charge >= 0.3 is 6.18 Å². The zero-order valence-corrected chi connectivity index (χ0v) is 8.67. The van der Waals surface area contributed by atoms with Crippen molar-refractivity contribution in [1.29, 1.82) is 0 Å². The Hall–Kier alpha value is -1.04. The molecule has 1 N–H and O–H groups in total. The maximum atomic E-state index is 11.9. The Balaban J connectivity index is 2.50. The van der Waals surface area contributed by atoms with Crippen LogP contribution >= 0.6 is 0 Å². The molecule has 0 fully saturated rings. The standard InChI is InChI=1S/C9H14F3N3/c1-3-15-5-8(4-14-15)7(2)13-6-9(10,11)12/h4-5,7,13H,3,6H2,1-2H3. The van der Waals surface area contributed by atoms with Crippen LogP contribution in [0.5, 0.6) is 0 Å². The van der Waals surface area contributed by atoms with Gasteiger partial charge in [0.2, 0.25) is 0 Å². The third kappa shape index (κ3) is 3.91. The molecule has 1 aromatic heterocycles. The SMILES string of the molecule is CCn1cc(C(C)NCC(F)(F)F)cn1. The molecule has 1 heterocycles. The van der Waals surface area contributed by atoms with Gasteiger partial charge in [0.25, 0.3) is 0 Å². The minimum Gasteiger partial charge on any atom is -0.302 e. The zero-order chi connectivity index (χ0) is 11.5.